The van der Waals surface area contributed by atoms with E-state index < -0.39 is 12.1 Å². The molecular weight excluding hydrogens is 239 g/mol. The molecule has 3 nitrogen and oxygen atoms in total. The zero-order chi connectivity index (χ0) is 11.8. The summed E-state index contributed by atoms with van der Waals surface area (Å²) in [6, 6.07) is 0. The molecule has 7 heteroatoms. The number of piperidine rings is 1. The molecular formula is C9H12F3N3S. The highest BCUT2D eigenvalue weighted by molar-refractivity contribution is 7.09. The molecule has 90 valence electrons. The Hall–Kier alpha value is -0.850. The van der Waals surface area contributed by atoms with Gasteiger partial charge in [0.2, 0.25) is 5.13 Å². The Morgan fingerprint density at radius 2 is 2.19 bits per heavy atom. The molecule has 1 saturated heterocycles. The summed E-state index contributed by atoms with van der Waals surface area (Å²) in [4.78, 5) is 5.80. The van der Waals surface area contributed by atoms with Gasteiger partial charge in [0.1, 0.15) is 5.82 Å². The zero-order valence-corrected chi connectivity index (χ0v) is 9.61. The van der Waals surface area contributed by atoms with Crippen LogP contribution in [0.4, 0.5) is 18.3 Å². The van der Waals surface area contributed by atoms with Crippen molar-refractivity contribution in [1.82, 2.24) is 9.36 Å². The maximum Gasteiger partial charge on any atom is 0.393 e. The maximum absolute atomic E-state index is 12.6. The van der Waals surface area contributed by atoms with E-state index >= 15 is 0 Å². The van der Waals surface area contributed by atoms with E-state index in [-0.39, 0.29) is 13.0 Å². The van der Waals surface area contributed by atoms with Gasteiger partial charge in [0.25, 0.3) is 0 Å². The fourth-order valence-electron chi connectivity index (χ4n) is 1.83. The Labute approximate surface area is 95.5 Å². The first-order valence-electron chi connectivity index (χ1n) is 5.09. The monoisotopic (exact) mass is 251 g/mol. The van der Waals surface area contributed by atoms with Gasteiger partial charge in [0.15, 0.2) is 0 Å². The van der Waals surface area contributed by atoms with Gasteiger partial charge in [-0.05, 0) is 19.8 Å². The lowest BCUT2D eigenvalue weighted by molar-refractivity contribution is -0.175. The first-order valence-corrected chi connectivity index (χ1v) is 5.86. The molecule has 1 unspecified atom stereocenters. The number of rotatable bonds is 1. The molecule has 0 N–H and O–H groups in total. The second kappa shape index (κ2) is 4.20. The van der Waals surface area contributed by atoms with Crippen molar-refractivity contribution in [3.05, 3.63) is 5.82 Å². The summed E-state index contributed by atoms with van der Waals surface area (Å²) in [6.45, 7) is 2.39. The molecule has 1 fully saturated rings. The van der Waals surface area contributed by atoms with Crippen LogP contribution >= 0.6 is 11.5 Å². The summed E-state index contributed by atoms with van der Waals surface area (Å²) >= 11 is 1.17. The van der Waals surface area contributed by atoms with Crippen LogP contribution in [-0.2, 0) is 0 Å². The summed E-state index contributed by atoms with van der Waals surface area (Å²) in [5.74, 6) is -0.611. The van der Waals surface area contributed by atoms with Crippen molar-refractivity contribution >= 4 is 16.7 Å². The standard InChI is InChI=1S/C9H12F3N3S/c1-6-13-8(16-14-6)15-4-2-3-7(5-15)9(10,11)12/h7H,2-5H2,1H3. The highest BCUT2D eigenvalue weighted by Crippen LogP contribution is 2.34. The number of nitrogens with zero attached hydrogens (tertiary/aromatic N) is 3. The summed E-state index contributed by atoms with van der Waals surface area (Å²) in [5, 5.41) is 0.603. The van der Waals surface area contributed by atoms with Gasteiger partial charge in [-0.2, -0.15) is 17.5 Å². The lowest BCUT2D eigenvalue weighted by atomic mass is 9.98. The van der Waals surface area contributed by atoms with Crippen LogP contribution in [0.5, 0.6) is 0 Å². The van der Waals surface area contributed by atoms with Crippen molar-refractivity contribution in [2.45, 2.75) is 25.9 Å². The van der Waals surface area contributed by atoms with E-state index in [1.54, 1.807) is 11.8 Å². The topological polar surface area (TPSA) is 29.0 Å². The van der Waals surface area contributed by atoms with Gasteiger partial charge in [-0.25, -0.2) is 4.98 Å². The molecule has 2 heterocycles. The van der Waals surface area contributed by atoms with E-state index in [0.717, 1.165) is 0 Å². The van der Waals surface area contributed by atoms with Crippen molar-refractivity contribution in [3.8, 4) is 0 Å². The molecule has 0 aromatic carbocycles. The predicted octanol–water partition coefficient (Wildman–Crippen LogP) is 2.63. The largest absolute Gasteiger partial charge is 0.393 e. The van der Waals surface area contributed by atoms with Crippen molar-refractivity contribution in [2.75, 3.05) is 18.0 Å². The lowest BCUT2D eigenvalue weighted by Gasteiger charge is -2.33. The third-order valence-corrected chi connectivity index (χ3v) is 3.54. The van der Waals surface area contributed by atoms with Crippen LogP contribution in [0.3, 0.4) is 0 Å². The molecule has 0 amide bonds. The lowest BCUT2D eigenvalue weighted by Crippen LogP contribution is -2.41. The van der Waals surface area contributed by atoms with E-state index in [4.69, 9.17) is 0 Å². The Morgan fingerprint density at radius 1 is 1.44 bits per heavy atom. The molecule has 16 heavy (non-hydrogen) atoms. The fraction of sp³-hybridized carbons (Fsp3) is 0.778. The summed E-state index contributed by atoms with van der Waals surface area (Å²) in [7, 11) is 0. The Bertz CT molecular complexity index is 363. The predicted molar refractivity (Wildman–Crippen MR) is 55.6 cm³/mol. The minimum absolute atomic E-state index is 0.0120. The average molecular weight is 251 g/mol. The Balaban J connectivity index is 2.07. The number of hydrogen-bond donors (Lipinski definition) is 0. The Morgan fingerprint density at radius 3 is 2.75 bits per heavy atom. The summed E-state index contributed by atoms with van der Waals surface area (Å²) in [5.41, 5.74) is 0. The number of anilines is 1. The van der Waals surface area contributed by atoms with Gasteiger partial charge in [0, 0.05) is 24.6 Å². The van der Waals surface area contributed by atoms with Crippen LogP contribution in [0.15, 0.2) is 0 Å². The van der Waals surface area contributed by atoms with Gasteiger partial charge in [-0.3, -0.25) is 0 Å². The Kier molecular flexibility index (Phi) is 3.05. The quantitative estimate of drug-likeness (QED) is 0.768. The second-order valence-corrected chi connectivity index (χ2v) is 4.68. The highest BCUT2D eigenvalue weighted by Gasteiger charge is 2.42. The van der Waals surface area contributed by atoms with Gasteiger partial charge in [0.05, 0.1) is 5.92 Å². The first-order chi connectivity index (χ1) is 7.47. The molecule has 0 saturated carbocycles. The number of alkyl halides is 3. The molecule has 1 aromatic rings. The SMILES string of the molecule is Cc1nsc(N2CCCC(C(F)(F)F)C2)n1. The van der Waals surface area contributed by atoms with Crippen LogP contribution in [-0.4, -0.2) is 28.6 Å². The van der Waals surface area contributed by atoms with Gasteiger partial charge in [-0.15, -0.1) is 0 Å². The fourth-order valence-corrected chi connectivity index (χ4v) is 2.54. The van der Waals surface area contributed by atoms with Crippen molar-refractivity contribution in [1.29, 1.82) is 0 Å². The van der Waals surface area contributed by atoms with Crippen LogP contribution in [0.2, 0.25) is 0 Å². The highest BCUT2D eigenvalue weighted by atomic mass is 32.1. The van der Waals surface area contributed by atoms with Crippen LogP contribution in [0, 0.1) is 12.8 Å². The van der Waals surface area contributed by atoms with Crippen molar-refractivity contribution < 1.29 is 13.2 Å². The van der Waals surface area contributed by atoms with E-state index in [2.05, 4.69) is 9.36 Å². The minimum atomic E-state index is -4.10. The zero-order valence-electron chi connectivity index (χ0n) is 8.79. The van der Waals surface area contributed by atoms with E-state index in [9.17, 15) is 13.2 Å². The van der Waals surface area contributed by atoms with Crippen LogP contribution < -0.4 is 4.90 Å². The molecule has 0 radical (unpaired) electrons. The molecule has 1 aliphatic rings. The number of hydrogen-bond acceptors (Lipinski definition) is 4. The normalized spacial score (nSPS) is 22.5. The molecule has 2 rings (SSSR count). The molecule has 1 atom stereocenters. The smallest absolute Gasteiger partial charge is 0.346 e. The van der Waals surface area contributed by atoms with Crippen LogP contribution in [0.1, 0.15) is 18.7 Å². The van der Waals surface area contributed by atoms with Gasteiger partial charge < -0.3 is 4.90 Å². The van der Waals surface area contributed by atoms with Crippen LogP contribution in [0.25, 0.3) is 0 Å². The number of aromatic nitrogens is 2. The third-order valence-electron chi connectivity index (χ3n) is 2.67. The van der Waals surface area contributed by atoms with Gasteiger partial charge in [-0.1, -0.05) is 0 Å². The molecule has 1 aromatic heterocycles. The van der Waals surface area contributed by atoms with Crippen molar-refractivity contribution in [2.24, 2.45) is 5.92 Å². The molecule has 0 aliphatic carbocycles. The summed E-state index contributed by atoms with van der Waals surface area (Å²) < 4.78 is 41.7. The van der Waals surface area contributed by atoms with E-state index in [1.165, 1.54) is 11.5 Å². The molecule has 1 aliphatic heterocycles. The average Bonchev–Trinajstić information content (AvgIpc) is 2.64. The first kappa shape index (κ1) is 11.6. The minimum Gasteiger partial charge on any atom is -0.346 e. The van der Waals surface area contributed by atoms with Gasteiger partial charge >= 0.3 is 6.18 Å². The summed E-state index contributed by atoms with van der Waals surface area (Å²) in [6.07, 6.45) is -3.32. The second-order valence-electron chi connectivity index (χ2n) is 3.95. The molecule has 0 spiro atoms. The van der Waals surface area contributed by atoms with E-state index in [1.807, 2.05) is 0 Å². The molecule has 0 bridgehead atoms. The third kappa shape index (κ3) is 2.45. The maximum atomic E-state index is 12.6. The van der Waals surface area contributed by atoms with E-state index in [0.29, 0.717) is 23.9 Å². The van der Waals surface area contributed by atoms with Crippen molar-refractivity contribution in [3.63, 3.8) is 0 Å². The number of halogens is 3. The number of aryl methyl sites for hydroxylation is 1.